The van der Waals surface area contributed by atoms with Gasteiger partial charge in [-0.25, -0.2) is 14.0 Å². The maximum atomic E-state index is 14.6. The van der Waals surface area contributed by atoms with Crippen LogP contribution in [0.5, 0.6) is 0 Å². The molecule has 1 saturated heterocycles. The molecule has 6 nitrogen and oxygen atoms in total. The first kappa shape index (κ1) is 23.6. The lowest BCUT2D eigenvalue weighted by Gasteiger charge is -2.35. The molecule has 1 aliphatic heterocycles. The number of nitrogens with one attached hydrogen (secondary N) is 1. The molecule has 1 fully saturated rings. The van der Waals surface area contributed by atoms with E-state index in [0.29, 0.717) is 13.0 Å². The maximum Gasteiger partial charge on any atom is 0.410 e. The Morgan fingerprint density at radius 3 is 2.38 bits per heavy atom. The van der Waals surface area contributed by atoms with E-state index in [0.717, 1.165) is 17.5 Å². The van der Waals surface area contributed by atoms with Crippen molar-refractivity contribution in [2.24, 2.45) is 0 Å². The summed E-state index contributed by atoms with van der Waals surface area (Å²) in [4.78, 5) is 25.8. The van der Waals surface area contributed by atoms with Gasteiger partial charge in [0.2, 0.25) is 0 Å². The van der Waals surface area contributed by atoms with Crippen molar-refractivity contribution in [3.63, 3.8) is 0 Å². The van der Waals surface area contributed by atoms with E-state index in [1.807, 2.05) is 42.5 Å². The first-order valence-corrected chi connectivity index (χ1v) is 10.9. The second-order valence-corrected chi connectivity index (χ2v) is 8.99. The number of amides is 2. The second-order valence-electron chi connectivity index (χ2n) is 8.99. The summed E-state index contributed by atoms with van der Waals surface area (Å²) in [6.07, 6.45) is -1.58. The van der Waals surface area contributed by atoms with Crippen molar-refractivity contribution in [2.45, 2.75) is 58.0 Å². The van der Waals surface area contributed by atoms with E-state index in [2.05, 4.69) is 17.4 Å². The van der Waals surface area contributed by atoms with Crippen molar-refractivity contribution < 1.29 is 23.5 Å². The quantitative estimate of drug-likeness (QED) is 0.719. The predicted molar refractivity (Wildman–Crippen MR) is 120 cm³/mol. The summed E-state index contributed by atoms with van der Waals surface area (Å²) >= 11 is 0. The molecule has 0 radical (unpaired) electrons. The third-order valence-corrected chi connectivity index (χ3v) is 5.21. The molecule has 0 bridgehead atoms. The minimum absolute atomic E-state index is 0.0997. The number of nitrogens with zero attached hydrogens (tertiary/aromatic N) is 1. The summed E-state index contributed by atoms with van der Waals surface area (Å²) < 4.78 is 25.3. The fourth-order valence-corrected chi connectivity index (χ4v) is 3.58. The molecule has 0 aromatic heterocycles. The Balaban J connectivity index is 1.49. The summed E-state index contributed by atoms with van der Waals surface area (Å²) in [5, 5.41) is 2.60. The third kappa shape index (κ3) is 6.97. The zero-order valence-corrected chi connectivity index (χ0v) is 18.8. The number of carbonyl (C=O) groups excluding carboxylic acids is 2. The number of halogens is 1. The number of hydrogen-bond acceptors (Lipinski definition) is 4. The van der Waals surface area contributed by atoms with E-state index < -0.39 is 30.0 Å². The molecule has 172 valence electrons. The van der Waals surface area contributed by atoms with Crippen molar-refractivity contribution >= 4 is 12.2 Å². The highest BCUT2D eigenvalue weighted by atomic mass is 19.1. The van der Waals surface area contributed by atoms with Crippen molar-refractivity contribution in [1.82, 2.24) is 10.2 Å². The van der Waals surface area contributed by atoms with Crippen LogP contribution in [-0.2, 0) is 22.5 Å². The molecule has 3 rings (SSSR count). The zero-order chi connectivity index (χ0) is 23.1. The standard InChI is InChI=1S/C25H31FN2O4/c1-25(2,3)32-24(30)28-14-13-22(21(26)16-28)27-23(29)31-17-20-12-8-7-11-19(20)15-18-9-5-4-6-10-18/h4-12,21-22H,13-17H2,1-3H3,(H,27,29). The van der Waals surface area contributed by atoms with Gasteiger partial charge in [0.25, 0.3) is 0 Å². The molecule has 2 unspecified atom stereocenters. The van der Waals surface area contributed by atoms with Gasteiger partial charge < -0.3 is 19.7 Å². The van der Waals surface area contributed by atoms with Gasteiger partial charge in [0.05, 0.1) is 12.6 Å². The molecule has 7 heteroatoms. The average Bonchev–Trinajstić information content (AvgIpc) is 2.74. The first-order chi connectivity index (χ1) is 15.2. The lowest BCUT2D eigenvalue weighted by molar-refractivity contribution is 0.00937. The average molecular weight is 443 g/mol. The van der Waals surface area contributed by atoms with Crippen molar-refractivity contribution in [1.29, 1.82) is 0 Å². The van der Waals surface area contributed by atoms with Gasteiger partial charge >= 0.3 is 12.2 Å². The van der Waals surface area contributed by atoms with Crippen LogP contribution in [-0.4, -0.2) is 48.0 Å². The molecule has 32 heavy (non-hydrogen) atoms. The third-order valence-electron chi connectivity index (χ3n) is 5.21. The Hall–Kier alpha value is -3.09. The summed E-state index contributed by atoms with van der Waals surface area (Å²) in [7, 11) is 0. The van der Waals surface area contributed by atoms with Crippen molar-refractivity contribution in [3.05, 3.63) is 71.3 Å². The molecule has 1 N–H and O–H groups in total. The minimum atomic E-state index is -1.39. The molecule has 0 aliphatic carbocycles. The van der Waals surface area contributed by atoms with Crippen LogP contribution in [0.1, 0.15) is 43.9 Å². The molecule has 2 amide bonds. The van der Waals surface area contributed by atoms with Gasteiger partial charge in [0.1, 0.15) is 18.4 Å². The predicted octanol–water partition coefficient (Wildman–Crippen LogP) is 4.85. The van der Waals surface area contributed by atoms with Crippen LogP contribution in [0.15, 0.2) is 54.6 Å². The highest BCUT2D eigenvalue weighted by molar-refractivity contribution is 5.69. The summed E-state index contributed by atoms with van der Waals surface area (Å²) in [6, 6.07) is 17.1. The van der Waals surface area contributed by atoms with Crippen LogP contribution < -0.4 is 5.32 Å². The Kier molecular flexibility index (Phi) is 7.72. The first-order valence-electron chi connectivity index (χ1n) is 10.9. The molecular weight excluding hydrogens is 411 g/mol. The fraction of sp³-hybridized carbons (Fsp3) is 0.440. The lowest BCUT2D eigenvalue weighted by Crippen LogP contribution is -2.54. The highest BCUT2D eigenvalue weighted by Gasteiger charge is 2.34. The van der Waals surface area contributed by atoms with Crippen LogP contribution in [0, 0.1) is 0 Å². The van der Waals surface area contributed by atoms with E-state index in [1.165, 1.54) is 10.5 Å². The largest absolute Gasteiger partial charge is 0.445 e. The summed E-state index contributed by atoms with van der Waals surface area (Å²) in [5.41, 5.74) is 2.50. The van der Waals surface area contributed by atoms with E-state index in [9.17, 15) is 14.0 Å². The summed E-state index contributed by atoms with van der Waals surface area (Å²) in [6.45, 7) is 5.57. The SMILES string of the molecule is CC(C)(C)OC(=O)N1CCC(NC(=O)OCc2ccccc2Cc2ccccc2)C(F)C1. The Morgan fingerprint density at radius 1 is 1.06 bits per heavy atom. The Morgan fingerprint density at radius 2 is 1.72 bits per heavy atom. The molecular formula is C25H31FN2O4. The van der Waals surface area contributed by atoms with E-state index in [1.54, 1.807) is 20.8 Å². The minimum Gasteiger partial charge on any atom is -0.445 e. The van der Waals surface area contributed by atoms with Crippen LogP contribution >= 0.6 is 0 Å². The monoisotopic (exact) mass is 442 g/mol. The van der Waals surface area contributed by atoms with Gasteiger partial charge in [-0.3, -0.25) is 0 Å². The van der Waals surface area contributed by atoms with Gasteiger partial charge in [0.15, 0.2) is 0 Å². The van der Waals surface area contributed by atoms with Gasteiger partial charge in [-0.15, -0.1) is 0 Å². The molecule has 0 saturated carbocycles. The van der Waals surface area contributed by atoms with E-state index >= 15 is 0 Å². The number of benzene rings is 2. The smallest absolute Gasteiger partial charge is 0.410 e. The number of carbonyl (C=O) groups is 2. The number of likely N-dealkylation sites (tertiary alicyclic amines) is 1. The second kappa shape index (κ2) is 10.5. The van der Waals surface area contributed by atoms with Crippen molar-refractivity contribution in [3.8, 4) is 0 Å². The number of hydrogen-bond donors (Lipinski definition) is 1. The maximum absolute atomic E-state index is 14.6. The van der Waals surface area contributed by atoms with Gasteiger partial charge in [-0.1, -0.05) is 54.6 Å². The molecule has 0 spiro atoms. The number of ether oxygens (including phenoxy) is 2. The summed E-state index contributed by atoms with van der Waals surface area (Å²) in [5.74, 6) is 0. The van der Waals surface area contributed by atoms with Crippen LogP contribution in [0.4, 0.5) is 14.0 Å². The zero-order valence-electron chi connectivity index (χ0n) is 18.8. The molecule has 1 heterocycles. The number of piperidine rings is 1. The van der Waals surface area contributed by atoms with Gasteiger partial charge in [-0.05, 0) is 50.3 Å². The van der Waals surface area contributed by atoms with Crippen LogP contribution in [0.25, 0.3) is 0 Å². The number of alkyl halides is 1. The van der Waals surface area contributed by atoms with Gasteiger partial charge in [0, 0.05) is 6.54 Å². The Bertz CT molecular complexity index is 914. The topological polar surface area (TPSA) is 67.9 Å². The molecule has 2 atom stereocenters. The van der Waals surface area contributed by atoms with Crippen LogP contribution in [0.2, 0.25) is 0 Å². The molecule has 2 aromatic carbocycles. The number of alkyl carbamates (subject to hydrolysis) is 1. The normalized spacial score (nSPS) is 18.7. The van der Waals surface area contributed by atoms with Crippen molar-refractivity contribution in [2.75, 3.05) is 13.1 Å². The number of rotatable bonds is 5. The van der Waals surface area contributed by atoms with Gasteiger partial charge in [-0.2, -0.15) is 0 Å². The van der Waals surface area contributed by atoms with E-state index in [4.69, 9.17) is 9.47 Å². The Labute approximate surface area is 188 Å². The highest BCUT2D eigenvalue weighted by Crippen LogP contribution is 2.19. The molecule has 2 aromatic rings. The van der Waals surface area contributed by atoms with Crippen LogP contribution in [0.3, 0.4) is 0 Å². The fourth-order valence-electron chi connectivity index (χ4n) is 3.58. The molecule has 1 aliphatic rings. The van der Waals surface area contributed by atoms with E-state index in [-0.39, 0.29) is 13.2 Å². The lowest BCUT2D eigenvalue weighted by atomic mass is 10.0.